The molecule has 3 N–H and O–H groups in total. The quantitative estimate of drug-likeness (QED) is 0.474. The maximum Gasteiger partial charge on any atom is 0.227 e. The number of aliphatic hydroxyl groups is 2. The Morgan fingerprint density at radius 3 is 2.67 bits per heavy atom. The van der Waals surface area contributed by atoms with E-state index in [1.54, 1.807) is 17.2 Å². The summed E-state index contributed by atoms with van der Waals surface area (Å²) in [5.74, 6) is 2.38. The van der Waals surface area contributed by atoms with Crippen LogP contribution in [0.4, 0.5) is 27.8 Å². The first-order valence-corrected chi connectivity index (χ1v) is 12.5. The third-order valence-electron chi connectivity index (χ3n) is 7.50. The van der Waals surface area contributed by atoms with Crippen molar-refractivity contribution in [1.82, 2.24) is 19.9 Å². The summed E-state index contributed by atoms with van der Waals surface area (Å²) < 4.78 is 14.5. The first-order valence-electron chi connectivity index (χ1n) is 12.5. The Morgan fingerprint density at radius 2 is 2.00 bits per heavy atom. The zero-order valence-electron chi connectivity index (χ0n) is 21.2. The van der Waals surface area contributed by atoms with Gasteiger partial charge in [-0.25, -0.2) is 19.3 Å². The van der Waals surface area contributed by atoms with Gasteiger partial charge in [0, 0.05) is 61.0 Å². The molecule has 0 saturated carbocycles. The molecular weight excluding hydrogens is 461 g/mol. The molecule has 0 amide bonds. The molecule has 10 heteroatoms. The molecule has 36 heavy (non-hydrogen) atoms. The van der Waals surface area contributed by atoms with Gasteiger partial charge in [0.2, 0.25) is 5.95 Å². The molecule has 0 aromatic carbocycles. The van der Waals surface area contributed by atoms with Crippen molar-refractivity contribution >= 4 is 34.2 Å². The van der Waals surface area contributed by atoms with Crippen LogP contribution < -0.4 is 15.1 Å². The van der Waals surface area contributed by atoms with Gasteiger partial charge >= 0.3 is 0 Å². The number of rotatable bonds is 6. The van der Waals surface area contributed by atoms with Gasteiger partial charge in [0.05, 0.1) is 12.6 Å². The summed E-state index contributed by atoms with van der Waals surface area (Å²) in [6.45, 7) is 9.31. The Kier molecular flexibility index (Phi) is 6.42. The van der Waals surface area contributed by atoms with Gasteiger partial charge in [-0.3, -0.25) is 0 Å². The molecule has 2 aliphatic heterocycles. The van der Waals surface area contributed by atoms with E-state index in [0.717, 1.165) is 35.1 Å². The molecule has 0 radical (unpaired) electrons. The molecular formula is C26H34FN7O2. The van der Waals surface area contributed by atoms with Crippen LogP contribution in [0.15, 0.2) is 30.7 Å². The van der Waals surface area contributed by atoms with Crippen molar-refractivity contribution in [2.75, 3.05) is 41.4 Å². The molecule has 2 fully saturated rings. The van der Waals surface area contributed by atoms with Crippen molar-refractivity contribution in [3.63, 3.8) is 0 Å². The van der Waals surface area contributed by atoms with Crippen molar-refractivity contribution in [2.45, 2.75) is 58.4 Å². The number of aromatic nitrogens is 4. The minimum Gasteiger partial charge on any atom is -0.396 e. The maximum atomic E-state index is 14.5. The molecule has 0 unspecified atom stereocenters. The van der Waals surface area contributed by atoms with Gasteiger partial charge in [-0.05, 0) is 36.4 Å². The highest BCUT2D eigenvalue weighted by molar-refractivity contribution is 5.96. The van der Waals surface area contributed by atoms with Gasteiger partial charge in [0.15, 0.2) is 0 Å². The van der Waals surface area contributed by atoms with Crippen LogP contribution >= 0.6 is 0 Å². The van der Waals surface area contributed by atoms with E-state index in [2.05, 4.69) is 32.1 Å². The molecule has 5 rings (SSSR count). The molecule has 0 bridgehead atoms. The Balaban J connectivity index is 1.46. The van der Waals surface area contributed by atoms with E-state index in [4.69, 9.17) is 4.98 Å². The molecule has 9 nitrogen and oxygen atoms in total. The summed E-state index contributed by atoms with van der Waals surface area (Å²) in [6, 6.07) is 4.14. The molecule has 2 aliphatic rings. The summed E-state index contributed by atoms with van der Waals surface area (Å²) in [6.07, 6.45) is 4.05. The third kappa shape index (κ3) is 4.43. The lowest BCUT2D eigenvalue weighted by Gasteiger charge is -2.43. The molecule has 3 aromatic rings. The number of hydrogen-bond donors (Lipinski definition) is 3. The van der Waals surface area contributed by atoms with E-state index < -0.39 is 17.7 Å². The van der Waals surface area contributed by atoms with Crippen LogP contribution in [0.2, 0.25) is 0 Å². The first kappa shape index (κ1) is 24.6. The van der Waals surface area contributed by atoms with Crippen molar-refractivity contribution in [1.29, 1.82) is 0 Å². The standard InChI is InChI=1S/C26H34FN7O2/c1-15(13-35)18-10-30-24(34-8-6-16(34)2)19-11-29-22(9-17(18)19)31-21-5-7-28-25(32-21)33-12-20(27)23(36)26(3,4)14-33/h5,7,9-11,15-16,20,23,35-36H,6,8,12-14H2,1-4H3,(H,28,29,31,32)/t15-,16-,20+,23+/m1/s1. The zero-order chi connectivity index (χ0) is 25.6. The topological polar surface area (TPSA) is 111 Å². The van der Waals surface area contributed by atoms with Crippen LogP contribution in [0.5, 0.6) is 0 Å². The smallest absolute Gasteiger partial charge is 0.227 e. The second kappa shape index (κ2) is 9.40. The minimum absolute atomic E-state index is 0.0209. The Hall–Kier alpha value is -3.11. The van der Waals surface area contributed by atoms with Gasteiger partial charge in [-0.15, -0.1) is 0 Å². The highest BCUT2D eigenvalue weighted by Crippen LogP contribution is 2.36. The van der Waals surface area contributed by atoms with Gasteiger partial charge < -0.3 is 25.3 Å². The molecule has 3 aromatic heterocycles. The molecule has 4 atom stereocenters. The number of halogens is 1. The second-order valence-electron chi connectivity index (χ2n) is 10.8. The Bertz CT molecular complexity index is 1260. The van der Waals surface area contributed by atoms with Crippen LogP contribution in [0.25, 0.3) is 10.8 Å². The van der Waals surface area contributed by atoms with E-state index in [9.17, 15) is 14.6 Å². The fourth-order valence-corrected chi connectivity index (χ4v) is 5.07. The highest BCUT2D eigenvalue weighted by Gasteiger charge is 2.42. The third-order valence-corrected chi connectivity index (χ3v) is 7.50. The SMILES string of the molecule is C[C@H](CO)c1cnc(N2CC[C@H]2C)c2cnc(Nc3ccnc(N4C[C@H](F)[C@H](O)C(C)(C)C4)n3)cc12. The van der Waals surface area contributed by atoms with Crippen LogP contribution in [-0.2, 0) is 0 Å². The van der Waals surface area contributed by atoms with Gasteiger partial charge in [0.25, 0.3) is 0 Å². The van der Waals surface area contributed by atoms with E-state index in [1.165, 1.54) is 0 Å². The fraction of sp³-hybridized carbons (Fsp3) is 0.538. The van der Waals surface area contributed by atoms with Gasteiger partial charge in [0.1, 0.15) is 23.6 Å². The Labute approximate surface area is 210 Å². The number of nitrogens with one attached hydrogen (secondary N) is 1. The summed E-state index contributed by atoms with van der Waals surface area (Å²) in [5, 5.41) is 25.2. The van der Waals surface area contributed by atoms with Crippen LogP contribution in [0, 0.1) is 5.41 Å². The predicted octanol–water partition coefficient (Wildman–Crippen LogP) is 3.40. The largest absolute Gasteiger partial charge is 0.396 e. The number of piperidine rings is 1. The van der Waals surface area contributed by atoms with Crippen molar-refractivity contribution in [3.8, 4) is 0 Å². The average molecular weight is 496 g/mol. The van der Waals surface area contributed by atoms with Crippen LogP contribution in [0.3, 0.4) is 0 Å². The van der Waals surface area contributed by atoms with E-state index in [-0.39, 0.29) is 19.1 Å². The van der Waals surface area contributed by atoms with Crippen LogP contribution in [0.1, 0.15) is 45.6 Å². The normalized spacial score (nSPS) is 24.5. The molecule has 0 aliphatic carbocycles. The summed E-state index contributed by atoms with van der Waals surface area (Å²) >= 11 is 0. The lowest BCUT2D eigenvalue weighted by Crippen LogP contribution is -2.55. The monoisotopic (exact) mass is 495 g/mol. The van der Waals surface area contributed by atoms with Crippen molar-refractivity contribution < 1.29 is 14.6 Å². The number of alkyl halides is 1. The number of nitrogens with zero attached hydrogens (tertiary/aromatic N) is 6. The Morgan fingerprint density at radius 1 is 1.19 bits per heavy atom. The van der Waals surface area contributed by atoms with E-state index >= 15 is 0 Å². The molecule has 2 saturated heterocycles. The number of fused-ring (bicyclic) bond motifs is 1. The molecule has 0 spiro atoms. The molecule has 192 valence electrons. The summed E-state index contributed by atoms with van der Waals surface area (Å²) in [4.78, 5) is 22.4. The number of anilines is 4. The van der Waals surface area contributed by atoms with Crippen molar-refractivity contribution in [2.24, 2.45) is 5.41 Å². The predicted molar refractivity (Wildman–Crippen MR) is 139 cm³/mol. The van der Waals surface area contributed by atoms with Crippen molar-refractivity contribution in [3.05, 3.63) is 36.3 Å². The minimum atomic E-state index is -1.38. The van der Waals surface area contributed by atoms with E-state index in [1.807, 2.05) is 39.2 Å². The maximum absolute atomic E-state index is 14.5. The molecule has 5 heterocycles. The summed E-state index contributed by atoms with van der Waals surface area (Å²) in [5.41, 5.74) is 0.338. The highest BCUT2D eigenvalue weighted by atomic mass is 19.1. The van der Waals surface area contributed by atoms with Gasteiger partial charge in [-0.1, -0.05) is 20.8 Å². The number of aliphatic hydroxyl groups excluding tert-OH is 2. The first-order chi connectivity index (χ1) is 17.2. The number of hydrogen-bond acceptors (Lipinski definition) is 9. The lowest BCUT2D eigenvalue weighted by molar-refractivity contribution is -0.0257. The number of pyridine rings is 2. The van der Waals surface area contributed by atoms with E-state index in [0.29, 0.717) is 30.2 Å². The summed E-state index contributed by atoms with van der Waals surface area (Å²) in [7, 11) is 0. The average Bonchev–Trinajstić information content (AvgIpc) is 2.85. The zero-order valence-corrected chi connectivity index (χ0v) is 21.2. The van der Waals surface area contributed by atoms with Gasteiger partial charge in [-0.2, -0.15) is 4.98 Å². The second-order valence-corrected chi connectivity index (χ2v) is 10.8. The van der Waals surface area contributed by atoms with Crippen LogP contribution in [-0.4, -0.2) is 74.7 Å². The lowest BCUT2D eigenvalue weighted by atomic mass is 9.80. The fourth-order valence-electron chi connectivity index (χ4n) is 5.07.